The van der Waals surface area contributed by atoms with Gasteiger partial charge < -0.3 is 14.5 Å². The minimum atomic E-state index is -1.72. The zero-order chi connectivity index (χ0) is 24.6. The van der Waals surface area contributed by atoms with E-state index >= 15 is 0 Å². The van der Waals surface area contributed by atoms with Crippen LogP contribution < -0.4 is 5.43 Å². The summed E-state index contributed by atoms with van der Waals surface area (Å²) in [4.78, 5) is 45.4. The van der Waals surface area contributed by atoms with Crippen LogP contribution in [0.15, 0.2) is 72.8 Å². The molecule has 2 fully saturated rings. The highest BCUT2D eigenvalue weighted by molar-refractivity contribution is 6.21. The van der Waals surface area contributed by atoms with E-state index in [9.17, 15) is 14.4 Å². The standard InChI is InChI=1S/C27H30N4O4/c1-29-15-17-30(18-16-29)25(33)23-24(32)27(26(34)35-2)21(19-9-5-3-6-10-19)13-14-22(31(27)28-23)20-11-7-4-8-12-20/h3-14,21-23,28H,15-18H2,1-2H3. The molecule has 2 aromatic carbocycles. The summed E-state index contributed by atoms with van der Waals surface area (Å²) in [7, 11) is 3.30. The molecule has 1 N–H and O–H groups in total. The number of hydrogen-bond donors (Lipinski definition) is 1. The molecule has 0 radical (unpaired) electrons. The van der Waals surface area contributed by atoms with Gasteiger partial charge >= 0.3 is 5.97 Å². The maximum absolute atomic E-state index is 14.3. The molecule has 1 amide bonds. The van der Waals surface area contributed by atoms with Crippen LogP contribution in [-0.2, 0) is 19.1 Å². The van der Waals surface area contributed by atoms with Crippen molar-refractivity contribution in [2.45, 2.75) is 23.5 Å². The molecule has 35 heavy (non-hydrogen) atoms. The molecule has 3 aliphatic rings. The number of amides is 1. The van der Waals surface area contributed by atoms with Crippen LogP contribution in [0.2, 0.25) is 0 Å². The molecule has 0 aromatic heterocycles. The summed E-state index contributed by atoms with van der Waals surface area (Å²) in [5.74, 6) is -2.09. The Bertz CT molecular complexity index is 1130. The molecule has 8 heteroatoms. The molecule has 5 rings (SSSR count). The number of fused-ring (bicyclic) bond motifs is 1. The lowest BCUT2D eigenvalue weighted by molar-refractivity contribution is -0.161. The Morgan fingerprint density at radius 3 is 2.11 bits per heavy atom. The highest BCUT2D eigenvalue weighted by atomic mass is 16.5. The lowest BCUT2D eigenvalue weighted by atomic mass is 9.71. The second-order valence-corrected chi connectivity index (χ2v) is 9.31. The van der Waals surface area contributed by atoms with E-state index in [2.05, 4.69) is 10.3 Å². The molecule has 182 valence electrons. The summed E-state index contributed by atoms with van der Waals surface area (Å²) in [6.07, 6.45) is 3.89. The normalized spacial score (nSPS) is 29.1. The van der Waals surface area contributed by atoms with Crippen molar-refractivity contribution in [2.75, 3.05) is 40.3 Å². The zero-order valence-electron chi connectivity index (χ0n) is 20.0. The van der Waals surface area contributed by atoms with Gasteiger partial charge in [0.15, 0.2) is 11.8 Å². The first kappa shape index (κ1) is 23.4. The number of likely N-dealkylation sites (N-methyl/N-ethyl adjacent to an activating group) is 1. The van der Waals surface area contributed by atoms with E-state index in [1.165, 1.54) is 7.11 Å². The van der Waals surface area contributed by atoms with E-state index in [0.717, 1.165) is 24.2 Å². The number of piperazine rings is 1. The number of Topliss-reactive ketones (excluding diaryl/α,β-unsaturated/α-hetero) is 1. The predicted octanol–water partition coefficient (Wildman–Crippen LogP) is 1.53. The van der Waals surface area contributed by atoms with Crippen LogP contribution in [0.25, 0.3) is 0 Å². The average Bonchev–Trinajstić information content (AvgIpc) is 3.22. The zero-order valence-corrected chi connectivity index (χ0v) is 20.0. The Hall–Kier alpha value is -3.33. The van der Waals surface area contributed by atoms with Crippen molar-refractivity contribution >= 4 is 17.7 Å². The molecule has 4 atom stereocenters. The molecule has 8 nitrogen and oxygen atoms in total. The second-order valence-electron chi connectivity index (χ2n) is 9.31. The van der Waals surface area contributed by atoms with Crippen LogP contribution >= 0.6 is 0 Å². The van der Waals surface area contributed by atoms with Crippen molar-refractivity contribution in [3.63, 3.8) is 0 Å². The van der Waals surface area contributed by atoms with Crippen LogP contribution in [0.1, 0.15) is 23.1 Å². The summed E-state index contributed by atoms with van der Waals surface area (Å²) in [6.45, 7) is 2.54. The first-order chi connectivity index (χ1) is 17.0. The number of ketones is 1. The monoisotopic (exact) mass is 474 g/mol. The Morgan fingerprint density at radius 2 is 1.51 bits per heavy atom. The van der Waals surface area contributed by atoms with Gasteiger partial charge in [-0.05, 0) is 18.2 Å². The quantitative estimate of drug-likeness (QED) is 0.409. The molecular weight excluding hydrogens is 444 g/mol. The first-order valence-corrected chi connectivity index (χ1v) is 11.9. The molecule has 3 heterocycles. The predicted molar refractivity (Wildman–Crippen MR) is 130 cm³/mol. The fraction of sp³-hybridized carbons (Fsp3) is 0.370. The van der Waals surface area contributed by atoms with Crippen LogP contribution in [0.4, 0.5) is 0 Å². The number of esters is 1. The van der Waals surface area contributed by atoms with Crippen molar-refractivity contribution in [3.05, 3.63) is 83.9 Å². The Kier molecular flexibility index (Phi) is 6.27. The Labute approximate surface area is 205 Å². The third-order valence-corrected chi connectivity index (χ3v) is 7.36. The number of nitrogens with one attached hydrogen (secondary N) is 1. The maximum atomic E-state index is 14.3. The number of hydrogen-bond acceptors (Lipinski definition) is 7. The van der Waals surface area contributed by atoms with E-state index in [4.69, 9.17) is 4.74 Å². The number of carbonyl (C=O) groups excluding carboxylic acids is 3. The second kappa shape index (κ2) is 9.37. The lowest BCUT2D eigenvalue weighted by Crippen LogP contribution is -2.63. The highest BCUT2D eigenvalue weighted by Gasteiger charge is 2.68. The van der Waals surface area contributed by atoms with Gasteiger partial charge in [0, 0.05) is 32.1 Å². The maximum Gasteiger partial charge on any atom is 0.336 e. The summed E-state index contributed by atoms with van der Waals surface area (Å²) < 4.78 is 5.28. The van der Waals surface area contributed by atoms with Gasteiger partial charge in [-0.1, -0.05) is 72.8 Å². The van der Waals surface area contributed by atoms with Gasteiger partial charge in [-0.15, -0.1) is 0 Å². The molecule has 3 aliphatic heterocycles. The van der Waals surface area contributed by atoms with E-state index < -0.39 is 35.3 Å². The fourth-order valence-electron chi connectivity index (χ4n) is 5.46. The smallest absolute Gasteiger partial charge is 0.336 e. The summed E-state index contributed by atoms with van der Waals surface area (Å²) >= 11 is 0. The van der Waals surface area contributed by atoms with Gasteiger partial charge in [0.25, 0.3) is 0 Å². The van der Waals surface area contributed by atoms with Crippen LogP contribution in [0, 0.1) is 0 Å². The van der Waals surface area contributed by atoms with E-state index in [0.29, 0.717) is 13.1 Å². The van der Waals surface area contributed by atoms with Crippen LogP contribution in [0.5, 0.6) is 0 Å². The van der Waals surface area contributed by atoms with Gasteiger partial charge in [0.1, 0.15) is 0 Å². The van der Waals surface area contributed by atoms with E-state index in [1.54, 1.807) is 9.91 Å². The van der Waals surface area contributed by atoms with Crippen molar-refractivity contribution in [1.29, 1.82) is 0 Å². The van der Waals surface area contributed by atoms with Crippen molar-refractivity contribution < 1.29 is 19.1 Å². The fourth-order valence-corrected chi connectivity index (χ4v) is 5.46. The van der Waals surface area contributed by atoms with E-state index in [1.807, 2.05) is 79.9 Å². The summed E-state index contributed by atoms with van der Waals surface area (Å²) in [5.41, 5.74) is 3.16. The first-order valence-electron chi connectivity index (χ1n) is 11.9. The largest absolute Gasteiger partial charge is 0.467 e. The van der Waals surface area contributed by atoms with Crippen LogP contribution in [0.3, 0.4) is 0 Å². The highest BCUT2D eigenvalue weighted by Crippen LogP contribution is 2.48. The third kappa shape index (κ3) is 3.78. The average molecular weight is 475 g/mol. The minimum absolute atomic E-state index is 0.306. The Morgan fingerprint density at radius 1 is 0.914 bits per heavy atom. The molecule has 0 spiro atoms. The van der Waals surface area contributed by atoms with Gasteiger partial charge in [-0.25, -0.2) is 15.2 Å². The van der Waals surface area contributed by atoms with Gasteiger partial charge in [0.2, 0.25) is 11.4 Å². The number of rotatable bonds is 4. The number of methoxy groups -OCH3 is 1. The SMILES string of the molecule is COC(=O)C12C(=O)C(C(=O)N3CCN(C)CC3)NN1C(c1ccccc1)C=CC2c1ccccc1. The lowest BCUT2D eigenvalue weighted by Gasteiger charge is -2.45. The number of ether oxygens (including phenoxy) is 1. The number of carbonyl (C=O) groups is 3. The van der Waals surface area contributed by atoms with Crippen LogP contribution in [-0.4, -0.2) is 84.4 Å². The molecule has 0 saturated carbocycles. The van der Waals surface area contributed by atoms with Crippen molar-refractivity contribution in [3.8, 4) is 0 Å². The van der Waals surface area contributed by atoms with Crippen molar-refractivity contribution in [2.24, 2.45) is 0 Å². The molecule has 4 unspecified atom stereocenters. The molecule has 0 aliphatic carbocycles. The minimum Gasteiger partial charge on any atom is -0.467 e. The van der Waals surface area contributed by atoms with Crippen molar-refractivity contribution in [1.82, 2.24) is 20.2 Å². The van der Waals surface area contributed by atoms with Gasteiger partial charge in [-0.2, -0.15) is 0 Å². The molecule has 0 bridgehead atoms. The third-order valence-electron chi connectivity index (χ3n) is 7.36. The molecule has 2 saturated heterocycles. The number of benzene rings is 2. The van der Waals surface area contributed by atoms with Gasteiger partial charge in [-0.3, -0.25) is 9.59 Å². The molecular formula is C27H30N4O4. The number of hydrazine groups is 1. The molecule has 2 aromatic rings. The van der Waals surface area contributed by atoms with Gasteiger partial charge in [0.05, 0.1) is 13.2 Å². The van der Waals surface area contributed by atoms with E-state index in [-0.39, 0.29) is 5.91 Å². The Balaban J connectivity index is 1.62. The number of nitrogens with zero attached hydrogens (tertiary/aromatic N) is 3. The summed E-state index contributed by atoms with van der Waals surface area (Å²) in [5, 5.41) is 1.66. The summed E-state index contributed by atoms with van der Waals surface area (Å²) in [6, 6.07) is 17.4. The topological polar surface area (TPSA) is 82.2 Å².